The lowest BCUT2D eigenvalue weighted by atomic mass is 10.0. The van der Waals surface area contributed by atoms with Crippen molar-refractivity contribution >= 4 is 17.4 Å². The molecule has 0 bridgehead atoms. The molecule has 0 unspecified atom stereocenters. The number of nitrogens with zero attached hydrogens (tertiary/aromatic N) is 5. The summed E-state index contributed by atoms with van der Waals surface area (Å²) in [6.07, 6.45) is 6.24. The van der Waals surface area contributed by atoms with E-state index in [1.807, 2.05) is 22.7 Å². The highest BCUT2D eigenvalue weighted by atomic mass is 16.2. The van der Waals surface area contributed by atoms with Gasteiger partial charge in [-0.15, -0.1) is 5.10 Å². The molecule has 3 aromatic heterocycles. The minimum absolute atomic E-state index is 0.136. The summed E-state index contributed by atoms with van der Waals surface area (Å²) in [6, 6.07) is 10.0. The van der Waals surface area contributed by atoms with Gasteiger partial charge in [-0.25, -0.2) is 10.1 Å². The Kier molecular flexibility index (Phi) is 4.12. The Morgan fingerprint density at radius 3 is 2.66 bits per heavy atom. The zero-order chi connectivity index (χ0) is 19.8. The van der Waals surface area contributed by atoms with Crippen molar-refractivity contribution in [3.8, 4) is 11.3 Å². The number of aryl methyl sites for hydroxylation is 2. The largest absolute Gasteiger partial charge is 0.321 e. The number of aromatic nitrogens is 6. The van der Waals surface area contributed by atoms with Gasteiger partial charge in [-0.05, 0) is 43.9 Å². The number of hydrogen-bond donors (Lipinski definition) is 2. The second-order valence-electron chi connectivity index (χ2n) is 6.93. The molecule has 1 aliphatic rings. The van der Waals surface area contributed by atoms with Gasteiger partial charge < -0.3 is 5.32 Å². The van der Waals surface area contributed by atoms with Crippen LogP contribution in [0.15, 0.2) is 47.4 Å². The van der Waals surface area contributed by atoms with Crippen molar-refractivity contribution in [3.05, 3.63) is 70.0 Å². The molecule has 0 radical (unpaired) electrons. The van der Waals surface area contributed by atoms with Crippen molar-refractivity contribution in [2.45, 2.75) is 25.7 Å². The highest BCUT2D eigenvalue weighted by Crippen LogP contribution is 2.24. The van der Waals surface area contributed by atoms with Gasteiger partial charge in [0, 0.05) is 29.2 Å². The van der Waals surface area contributed by atoms with Gasteiger partial charge >= 0.3 is 0 Å². The van der Waals surface area contributed by atoms with Crippen LogP contribution in [0.3, 0.4) is 0 Å². The fraction of sp³-hybridized carbons (Fsp3) is 0.200. The summed E-state index contributed by atoms with van der Waals surface area (Å²) in [6.45, 7) is 0. The number of fused-ring (bicyclic) bond motifs is 3. The summed E-state index contributed by atoms with van der Waals surface area (Å²) in [7, 11) is 0. The zero-order valence-corrected chi connectivity index (χ0v) is 15.4. The number of nitrogens with one attached hydrogen (secondary N) is 2. The van der Waals surface area contributed by atoms with Crippen molar-refractivity contribution in [3.63, 3.8) is 0 Å². The van der Waals surface area contributed by atoms with Crippen LogP contribution in [0, 0.1) is 0 Å². The molecule has 29 heavy (non-hydrogen) atoms. The van der Waals surface area contributed by atoms with Crippen LogP contribution in [-0.2, 0) is 12.8 Å². The van der Waals surface area contributed by atoms with Crippen LogP contribution in [0.2, 0.25) is 0 Å². The molecule has 1 aromatic carbocycles. The first-order valence-electron chi connectivity index (χ1n) is 9.38. The standard InChI is InChI=1S/C20H17N7O2/c28-18-10-9-15(24-25-18)19(29)21-13-7-5-12(6-8-13)16-11-27-17-4-2-1-3-14(17)23-26-20(27)22-16/h5-11H,1-4H2,(H,21,29)(H,25,28). The van der Waals surface area contributed by atoms with Crippen LogP contribution < -0.4 is 10.9 Å². The Morgan fingerprint density at radius 2 is 1.86 bits per heavy atom. The minimum atomic E-state index is -0.399. The number of carbonyl (C=O) groups is 1. The molecule has 3 heterocycles. The fourth-order valence-corrected chi connectivity index (χ4v) is 3.51. The molecule has 5 rings (SSSR count). The van der Waals surface area contributed by atoms with Crippen molar-refractivity contribution in [2.24, 2.45) is 0 Å². The maximum absolute atomic E-state index is 12.2. The molecule has 9 nitrogen and oxygen atoms in total. The van der Waals surface area contributed by atoms with Crippen molar-refractivity contribution in [1.29, 1.82) is 0 Å². The highest BCUT2D eigenvalue weighted by Gasteiger charge is 2.17. The molecular formula is C20H17N7O2. The summed E-state index contributed by atoms with van der Waals surface area (Å²) >= 11 is 0. The van der Waals surface area contributed by atoms with Crippen LogP contribution in [0.1, 0.15) is 34.7 Å². The molecule has 1 amide bonds. The monoisotopic (exact) mass is 387 g/mol. The van der Waals surface area contributed by atoms with Gasteiger partial charge in [0.25, 0.3) is 17.2 Å². The Labute approximate surface area is 164 Å². The van der Waals surface area contributed by atoms with E-state index in [0.29, 0.717) is 11.5 Å². The van der Waals surface area contributed by atoms with E-state index in [9.17, 15) is 9.59 Å². The Hall–Kier alpha value is -3.88. The third-order valence-corrected chi connectivity index (χ3v) is 5.00. The normalized spacial score (nSPS) is 13.2. The first-order valence-corrected chi connectivity index (χ1v) is 9.38. The van der Waals surface area contributed by atoms with Gasteiger partial charge in [0.15, 0.2) is 0 Å². The predicted molar refractivity (Wildman–Crippen MR) is 106 cm³/mol. The second-order valence-corrected chi connectivity index (χ2v) is 6.93. The third kappa shape index (κ3) is 3.27. The summed E-state index contributed by atoms with van der Waals surface area (Å²) < 4.78 is 2.04. The van der Waals surface area contributed by atoms with Gasteiger partial charge in [-0.2, -0.15) is 10.2 Å². The zero-order valence-electron chi connectivity index (χ0n) is 15.4. The molecule has 0 atom stereocenters. The number of benzene rings is 1. The van der Waals surface area contributed by atoms with Crippen LogP contribution in [0.4, 0.5) is 5.69 Å². The number of rotatable bonds is 3. The molecule has 0 spiro atoms. The Morgan fingerprint density at radius 1 is 1.03 bits per heavy atom. The average Bonchev–Trinajstić information content (AvgIpc) is 3.19. The summed E-state index contributed by atoms with van der Waals surface area (Å²) in [5.41, 5.74) is 4.37. The van der Waals surface area contributed by atoms with Gasteiger partial charge in [-0.1, -0.05) is 12.1 Å². The number of anilines is 1. The first-order chi connectivity index (χ1) is 14.2. The summed E-state index contributed by atoms with van der Waals surface area (Å²) in [5, 5.41) is 17.3. The topological polar surface area (TPSA) is 118 Å². The van der Waals surface area contributed by atoms with E-state index in [-0.39, 0.29) is 11.3 Å². The third-order valence-electron chi connectivity index (χ3n) is 5.00. The second kappa shape index (κ2) is 6.93. The predicted octanol–water partition coefficient (Wildman–Crippen LogP) is 2.01. The Balaban J connectivity index is 1.39. The van der Waals surface area contributed by atoms with Crippen LogP contribution in [0.5, 0.6) is 0 Å². The average molecular weight is 387 g/mol. The lowest BCUT2D eigenvalue weighted by Gasteiger charge is -2.14. The molecule has 1 aliphatic carbocycles. The van der Waals surface area contributed by atoms with E-state index in [2.05, 4.69) is 30.7 Å². The van der Waals surface area contributed by atoms with E-state index in [4.69, 9.17) is 0 Å². The number of carbonyl (C=O) groups excluding carboxylic acids is 1. The minimum Gasteiger partial charge on any atom is -0.321 e. The van der Waals surface area contributed by atoms with E-state index in [1.165, 1.54) is 17.8 Å². The smallest absolute Gasteiger partial charge is 0.276 e. The van der Waals surface area contributed by atoms with Gasteiger partial charge in [0.1, 0.15) is 5.69 Å². The molecule has 4 aromatic rings. The molecule has 0 saturated heterocycles. The maximum Gasteiger partial charge on any atom is 0.276 e. The first kappa shape index (κ1) is 17.2. The van der Waals surface area contributed by atoms with Gasteiger partial charge in [-0.3, -0.25) is 14.0 Å². The number of H-pyrrole nitrogens is 1. The van der Waals surface area contributed by atoms with Gasteiger partial charge in [0.2, 0.25) is 0 Å². The van der Waals surface area contributed by atoms with E-state index < -0.39 is 5.91 Å². The number of imidazole rings is 1. The molecule has 0 aliphatic heterocycles. The van der Waals surface area contributed by atoms with Crippen molar-refractivity contribution in [2.75, 3.05) is 5.32 Å². The van der Waals surface area contributed by atoms with Gasteiger partial charge in [0.05, 0.1) is 11.4 Å². The summed E-state index contributed by atoms with van der Waals surface area (Å²) in [5.74, 6) is 0.200. The lowest BCUT2D eigenvalue weighted by molar-refractivity contribution is 0.102. The van der Waals surface area contributed by atoms with E-state index in [0.717, 1.165) is 42.6 Å². The van der Waals surface area contributed by atoms with Crippen molar-refractivity contribution in [1.82, 2.24) is 29.8 Å². The lowest BCUT2D eigenvalue weighted by Crippen LogP contribution is -2.17. The molecule has 2 N–H and O–H groups in total. The fourth-order valence-electron chi connectivity index (χ4n) is 3.51. The summed E-state index contributed by atoms with van der Waals surface area (Å²) in [4.78, 5) is 27.9. The SMILES string of the molecule is O=C(Nc1ccc(-c2cn3c4c(nnc3n2)CCCC4)cc1)c1ccc(=O)[nH]n1. The Bertz CT molecular complexity index is 1250. The molecule has 0 fully saturated rings. The van der Waals surface area contributed by atoms with E-state index >= 15 is 0 Å². The molecule has 0 saturated carbocycles. The van der Waals surface area contributed by atoms with Crippen molar-refractivity contribution < 1.29 is 4.79 Å². The molecule has 9 heteroatoms. The number of aromatic amines is 1. The van der Waals surface area contributed by atoms with Crippen LogP contribution >= 0.6 is 0 Å². The number of hydrogen-bond acceptors (Lipinski definition) is 6. The van der Waals surface area contributed by atoms with Crippen LogP contribution in [-0.4, -0.2) is 35.7 Å². The van der Waals surface area contributed by atoms with E-state index in [1.54, 1.807) is 12.1 Å². The maximum atomic E-state index is 12.2. The quantitative estimate of drug-likeness (QED) is 0.555. The highest BCUT2D eigenvalue weighted by molar-refractivity contribution is 6.02. The number of amides is 1. The molecule has 144 valence electrons. The molecular weight excluding hydrogens is 370 g/mol. The van der Waals surface area contributed by atoms with Crippen LogP contribution in [0.25, 0.3) is 17.0 Å².